The van der Waals surface area contributed by atoms with Crippen molar-refractivity contribution in [1.29, 1.82) is 0 Å². The van der Waals surface area contributed by atoms with Gasteiger partial charge >= 0.3 is 0 Å². The van der Waals surface area contributed by atoms with Crippen molar-refractivity contribution in [3.05, 3.63) is 29.8 Å². The number of rotatable bonds is 6. The van der Waals surface area contributed by atoms with Crippen LogP contribution in [-0.4, -0.2) is 44.0 Å². The van der Waals surface area contributed by atoms with Crippen LogP contribution in [0.1, 0.15) is 18.4 Å². The lowest BCUT2D eigenvalue weighted by Crippen LogP contribution is -2.30. The molecular weight excluding hydrogens is 268 g/mol. The van der Waals surface area contributed by atoms with E-state index in [1.54, 1.807) is 19.1 Å². The number of nitrogens with zero attached hydrogens (tertiary/aromatic N) is 1. The fourth-order valence-electron chi connectivity index (χ4n) is 2.60. The van der Waals surface area contributed by atoms with Gasteiger partial charge in [0.25, 0.3) is 0 Å². The van der Waals surface area contributed by atoms with Crippen LogP contribution >= 0.6 is 0 Å². The summed E-state index contributed by atoms with van der Waals surface area (Å²) in [6.45, 7) is 1.30. The maximum Gasteiger partial charge on any atom is 0.222 e. The molecule has 1 unspecified atom stereocenters. The maximum atomic E-state index is 11.9. The number of ether oxygens (including phenoxy) is 1. The van der Waals surface area contributed by atoms with E-state index in [9.17, 15) is 9.59 Å². The summed E-state index contributed by atoms with van der Waals surface area (Å²) in [6.07, 6.45) is 1.61. The normalized spacial score (nSPS) is 17.9. The predicted octanol–water partition coefficient (Wildman–Crippen LogP) is 1.22. The molecule has 0 saturated carbocycles. The third-order valence-electron chi connectivity index (χ3n) is 3.82. The van der Waals surface area contributed by atoms with Gasteiger partial charge in [-0.15, -0.1) is 0 Å². The third-order valence-corrected chi connectivity index (χ3v) is 3.82. The molecular formula is C16H22N2O3. The van der Waals surface area contributed by atoms with Gasteiger partial charge in [-0.2, -0.15) is 0 Å². The first-order valence-electron chi connectivity index (χ1n) is 7.22. The number of para-hydroxylation sites is 1. The zero-order valence-corrected chi connectivity index (χ0v) is 12.6. The van der Waals surface area contributed by atoms with Gasteiger partial charge in [0.05, 0.1) is 7.11 Å². The fraction of sp³-hybridized carbons (Fsp3) is 0.500. The van der Waals surface area contributed by atoms with Crippen LogP contribution in [0.15, 0.2) is 24.3 Å². The van der Waals surface area contributed by atoms with Crippen LogP contribution in [0.2, 0.25) is 0 Å². The zero-order chi connectivity index (χ0) is 15.2. The molecule has 1 atom stereocenters. The van der Waals surface area contributed by atoms with Gasteiger partial charge < -0.3 is 15.0 Å². The van der Waals surface area contributed by atoms with Crippen LogP contribution in [0.3, 0.4) is 0 Å². The molecule has 0 bridgehead atoms. The largest absolute Gasteiger partial charge is 0.496 e. The number of hydrogen-bond acceptors (Lipinski definition) is 3. The van der Waals surface area contributed by atoms with E-state index in [1.165, 1.54) is 0 Å². The van der Waals surface area contributed by atoms with Crippen molar-refractivity contribution in [1.82, 2.24) is 10.2 Å². The predicted molar refractivity (Wildman–Crippen MR) is 80.1 cm³/mol. The monoisotopic (exact) mass is 290 g/mol. The lowest BCUT2D eigenvalue weighted by molar-refractivity contribution is -0.126. The number of likely N-dealkylation sites (tertiary alicyclic amines) is 1. The molecule has 0 radical (unpaired) electrons. The number of carbonyl (C=O) groups is 2. The zero-order valence-electron chi connectivity index (χ0n) is 12.6. The molecule has 1 aromatic rings. The topological polar surface area (TPSA) is 58.6 Å². The fourth-order valence-corrected chi connectivity index (χ4v) is 2.60. The highest BCUT2D eigenvalue weighted by molar-refractivity contribution is 5.79. The molecule has 1 N–H and O–H groups in total. The van der Waals surface area contributed by atoms with Gasteiger partial charge in [-0.05, 0) is 18.1 Å². The smallest absolute Gasteiger partial charge is 0.222 e. The highest BCUT2D eigenvalue weighted by Crippen LogP contribution is 2.19. The molecule has 1 heterocycles. The highest BCUT2D eigenvalue weighted by Gasteiger charge is 2.26. The Labute approximate surface area is 125 Å². The van der Waals surface area contributed by atoms with Gasteiger partial charge in [-0.1, -0.05) is 18.2 Å². The van der Waals surface area contributed by atoms with E-state index in [0.29, 0.717) is 25.8 Å². The van der Waals surface area contributed by atoms with E-state index in [0.717, 1.165) is 17.9 Å². The average molecular weight is 290 g/mol. The van der Waals surface area contributed by atoms with Crippen molar-refractivity contribution in [2.24, 2.45) is 5.92 Å². The lowest BCUT2D eigenvalue weighted by atomic mass is 10.1. The van der Waals surface area contributed by atoms with E-state index in [1.807, 2.05) is 24.3 Å². The summed E-state index contributed by atoms with van der Waals surface area (Å²) in [5.41, 5.74) is 1.03. The van der Waals surface area contributed by atoms with Crippen molar-refractivity contribution >= 4 is 11.8 Å². The molecule has 2 rings (SSSR count). The Morgan fingerprint density at radius 2 is 2.19 bits per heavy atom. The van der Waals surface area contributed by atoms with Crippen molar-refractivity contribution in [3.63, 3.8) is 0 Å². The summed E-state index contributed by atoms with van der Waals surface area (Å²) in [5, 5.41) is 2.91. The van der Waals surface area contributed by atoms with Gasteiger partial charge in [0.2, 0.25) is 11.8 Å². The Hall–Kier alpha value is -2.04. The quantitative estimate of drug-likeness (QED) is 0.857. The summed E-state index contributed by atoms with van der Waals surface area (Å²) in [6, 6.07) is 7.72. The standard InChI is InChI=1S/C16H22N2O3/c1-18-11-12(9-16(18)20)10-17-15(19)8-7-13-5-3-4-6-14(13)21-2/h3-6,12H,7-11H2,1-2H3,(H,17,19). The van der Waals surface area contributed by atoms with Gasteiger partial charge in [0.15, 0.2) is 0 Å². The molecule has 1 aliphatic heterocycles. The summed E-state index contributed by atoms with van der Waals surface area (Å²) >= 11 is 0. The minimum atomic E-state index is 0.0166. The van der Waals surface area contributed by atoms with Gasteiger partial charge in [-0.3, -0.25) is 9.59 Å². The Balaban J connectivity index is 1.74. The van der Waals surface area contributed by atoms with Crippen molar-refractivity contribution in [2.75, 3.05) is 27.2 Å². The van der Waals surface area contributed by atoms with Crippen LogP contribution < -0.4 is 10.1 Å². The van der Waals surface area contributed by atoms with Crippen LogP contribution in [0.5, 0.6) is 5.75 Å². The average Bonchev–Trinajstić information content (AvgIpc) is 2.82. The minimum Gasteiger partial charge on any atom is -0.496 e. The number of aryl methyl sites for hydroxylation is 1. The van der Waals surface area contributed by atoms with Gasteiger partial charge in [-0.25, -0.2) is 0 Å². The van der Waals surface area contributed by atoms with Crippen LogP contribution in [0.4, 0.5) is 0 Å². The number of nitrogens with one attached hydrogen (secondary N) is 1. The number of hydrogen-bond donors (Lipinski definition) is 1. The number of carbonyl (C=O) groups excluding carboxylic acids is 2. The van der Waals surface area contributed by atoms with Crippen molar-refractivity contribution < 1.29 is 14.3 Å². The molecule has 1 aliphatic rings. The van der Waals surface area contributed by atoms with Gasteiger partial charge in [0, 0.05) is 38.9 Å². The number of amides is 2. The van der Waals surface area contributed by atoms with Crippen LogP contribution in [0.25, 0.3) is 0 Å². The summed E-state index contributed by atoms with van der Waals surface area (Å²) in [5.74, 6) is 1.22. The van der Waals surface area contributed by atoms with Crippen molar-refractivity contribution in [3.8, 4) is 5.75 Å². The SMILES string of the molecule is COc1ccccc1CCC(=O)NCC1CC(=O)N(C)C1. The Kier molecular flexibility index (Phi) is 5.20. The van der Waals surface area contributed by atoms with Crippen molar-refractivity contribution in [2.45, 2.75) is 19.3 Å². The van der Waals surface area contributed by atoms with Crippen LogP contribution in [0, 0.1) is 5.92 Å². The molecule has 114 valence electrons. The first kappa shape index (κ1) is 15.4. The van der Waals surface area contributed by atoms with Gasteiger partial charge in [0.1, 0.15) is 5.75 Å². The van der Waals surface area contributed by atoms with E-state index in [2.05, 4.69) is 5.32 Å². The van der Waals surface area contributed by atoms with Crippen LogP contribution in [-0.2, 0) is 16.0 Å². The number of methoxy groups -OCH3 is 1. The summed E-state index contributed by atoms with van der Waals surface area (Å²) in [7, 11) is 3.43. The molecule has 0 spiro atoms. The molecule has 1 saturated heterocycles. The highest BCUT2D eigenvalue weighted by atomic mass is 16.5. The molecule has 5 nitrogen and oxygen atoms in total. The molecule has 0 aliphatic carbocycles. The molecule has 0 aromatic heterocycles. The van der Waals surface area contributed by atoms with E-state index in [4.69, 9.17) is 4.74 Å². The summed E-state index contributed by atoms with van der Waals surface area (Å²) < 4.78 is 5.27. The maximum absolute atomic E-state index is 11.9. The second-order valence-electron chi connectivity index (χ2n) is 5.46. The molecule has 5 heteroatoms. The molecule has 1 fully saturated rings. The minimum absolute atomic E-state index is 0.0166. The van der Waals surface area contributed by atoms with E-state index >= 15 is 0 Å². The first-order chi connectivity index (χ1) is 10.1. The number of benzene rings is 1. The second-order valence-corrected chi connectivity index (χ2v) is 5.46. The molecule has 21 heavy (non-hydrogen) atoms. The Morgan fingerprint density at radius 3 is 2.86 bits per heavy atom. The Morgan fingerprint density at radius 1 is 1.43 bits per heavy atom. The molecule has 1 aromatic carbocycles. The Bertz CT molecular complexity index is 516. The second kappa shape index (κ2) is 7.11. The molecule has 2 amide bonds. The first-order valence-corrected chi connectivity index (χ1v) is 7.22. The van der Waals surface area contributed by atoms with E-state index < -0.39 is 0 Å². The lowest BCUT2D eigenvalue weighted by Gasteiger charge is -2.12. The summed E-state index contributed by atoms with van der Waals surface area (Å²) in [4.78, 5) is 25.0. The third kappa shape index (κ3) is 4.21. The van der Waals surface area contributed by atoms with E-state index in [-0.39, 0.29) is 17.7 Å².